The fourth-order valence-electron chi connectivity index (χ4n) is 3.34. The van der Waals surface area contributed by atoms with Crippen LogP contribution >= 0.6 is 35.4 Å². The van der Waals surface area contributed by atoms with Crippen LogP contribution in [-0.4, -0.2) is 16.0 Å². The minimum absolute atomic E-state index is 0.0784. The van der Waals surface area contributed by atoms with E-state index < -0.39 is 5.91 Å². The molecule has 6 nitrogen and oxygen atoms in total. The van der Waals surface area contributed by atoms with Gasteiger partial charge in [0, 0.05) is 16.8 Å². The van der Waals surface area contributed by atoms with Crippen molar-refractivity contribution in [3.63, 3.8) is 0 Å². The Hall–Kier alpha value is -3.65. The Balaban J connectivity index is 1.27. The van der Waals surface area contributed by atoms with Crippen molar-refractivity contribution in [1.82, 2.24) is 10.3 Å². The van der Waals surface area contributed by atoms with Crippen LogP contribution in [0.1, 0.15) is 10.6 Å². The molecule has 0 aliphatic carbocycles. The van der Waals surface area contributed by atoms with Gasteiger partial charge < -0.3 is 14.2 Å². The lowest BCUT2D eigenvalue weighted by atomic mass is 10.2. The third kappa shape index (κ3) is 4.54. The van der Waals surface area contributed by atoms with Crippen LogP contribution < -0.4 is 10.6 Å². The number of furan rings is 1. The molecule has 5 rings (SSSR count). The van der Waals surface area contributed by atoms with E-state index in [0.29, 0.717) is 44.0 Å². The number of amides is 1. The van der Waals surface area contributed by atoms with Gasteiger partial charge in [0.2, 0.25) is 5.89 Å². The van der Waals surface area contributed by atoms with Crippen LogP contribution in [0, 0.1) is 0 Å². The number of nitrogens with one attached hydrogen (secondary N) is 2. The van der Waals surface area contributed by atoms with Gasteiger partial charge in [0.25, 0.3) is 5.91 Å². The summed E-state index contributed by atoms with van der Waals surface area (Å²) in [5.74, 6) is 0.518. The highest BCUT2D eigenvalue weighted by atomic mass is 35.5. The van der Waals surface area contributed by atoms with Crippen LogP contribution in [0.2, 0.25) is 10.0 Å². The average Bonchev–Trinajstić information content (AvgIpc) is 3.49. The van der Waals surface area contributed by atoms with Gasteiger partial charge in [-0.1, -0.05) is 47.5 Å². The molecular weight excluding hydrogens is 493 g/mol. The zero-order chi connectivity index (χ0) is 23.7. The fourth-order valence-corrected chi connectivity index (χ4v) is 3.94. The van der Waals surface area contributed by atoms with Crippen molar-refractivity contribution in [1.29, 1.82) is 0 Å². The fraction of sp³-hybridized carbons (Fsp3) is 0. The Labute approximate surface area is 209 Å². The standard InChI is InChI=1S/C25H15Cl2N3O3S/c26-17-8-4-7-16(22(17)27)19-11-12-21(32-19)23(31)30-25(34)28-15-9-10-20-18(13-15)29-24(33-20)14-5-2-1-3-6-14/h1-13H,(H2,28,30,31,34). The van der Waals surface area contributed by atoms with Gasteiger partial charge in [0.05, 0.1) is 10.0 Å². The number of halogens is 2. The Morgan fingerprint density at radius 3 is 2.56 bits per heavy atom. The molecular formula is C25H15Cl2N3O3S. The van der Waals surface area contributed by atoms with E-state index in [1.165, 1.54) is 6.07 Å². The first-order valence-corrected chi connectivity index (χ1v) is 11.3. The maximum absolute atomic E-state index is 12.6. The summed E-state index contributed by atoms with van der Waals surface area (Å²) in [5.41, 5.74) is 3.42. The first-order chi connectivity index (χ1) is 16.5. The molecule has 0 bridgehead atoms. The molecule has 0 unspecified atom stereocenters. The van der Waals surface area contributed by atoms with Crippen molar-refractivity contribution < 1.29 is 13.6 Å². The maximum atomic E-state index is 12.6. The number of oxazole rings is 1. The van der Waals surface area contributed by atoms with Crippen LogP contribution in [0.3, 0.4) is 0 Å². The van der Waals surface area contributed by atoms with E-state index in [2.05, 4.69) is 15.6 Å². The normalized spacial score (nSPS) is 10.9. The van der Waals surface area contributed by atoms with Gasteiger partial charge in [0.15, 0.2) is 16.5 Å². The molecule has 0 aliphatic heterocycles. The zero-order valence-corrected chi connectivity index (χ0v) is 19.7. The van der Waals surface area contributed by atoms with Crippen LogP contribution in [0.4, 0.5) is 5.69 Å². The van der Waals surface area contributed by atoms with Crippen LogP contribution in [-0.2, 0) is 0 Å². The van der Waals surface area contributed by atoms with Crippen LogP contribution in [0.15, 0.2) is 87.7 Å². The number of hydrogen-bond donors (Lipinski definition) is 2. The molecule has 2 N–H and O–H groups in total. The Morgan fingerprint density at radius 2 is 1.74 bits per heavy atom. The zero-order valence-electron chi connectivity index (χ0n) is 17.3. The predicted octanol–water partition coefficient (Wildman–Crippen LogP) is 7.19. The highest BCUT2D eigenvalue weighted by Crippen LogP contribution is 2.34. The van der Waals surface area contributed by atoms with E-state index >= 15 is 0 Å². The van der Waals surface area contributed by atoms with E-state index in [-0.39, 0.29) is 10.9 Å². The summed E-state index contributed by atoms with van der Waals surface area (Å²) in [5, 5.41) is 6.43. The summed E-state index contributed by atoms with van der Waals surface area (Å²) < 4.78 is 11.5. The monoisotopic (exact) mass is 507 g/mol. The highest BCUT2D eigenvalue weighted by Gasteiger charge is 2.16. The molecule has 0 spiro atoms. The summed E-state index contributed by atoms with van der Waals surface area (Å²) in [6.07, 6.45) is 0. The number of thiocarbonyl (C=S) groups is 1. The number of nitrogens with zero attached hydrogens (tertiary/aromatic N) is 1. The molecule has 0 saturated carbocycles. The van der Waals surface area contributed by atoms with E-state index in [1.54, 1.807) is 42.5 Å². The Kier molecular flexibility index (Phi) is 6.06. The second kappa shape index (κ2) is 9.30. The quantitative estimate of drug-likeness (QED) is 0.250. The molecule has 0 fully saturated rings. The van der Waals surface area contributed by atoms with E-state index in [0.717, 1.165) is 5.56 Å². The summed E-state index contributed by atoms with van der Waals surface area (Å²) in [4.78, 5) is 17.1. The molecule has 0 atom stereocenters. The van der Waals surface area contributed by atoms with Gasteiger partial charge in [-0.15, -0.1) is 0 Å². The van der Waals surface area contributed by atoms with Gasteiger partial charge in [-0.3, -0.25) is 10.1 Å². The highest BCUT2D eigenvalue weighted by molar-refractivity contribution is 7.80. The van der Waals surface area contributed by atoms with Crippen LogP contribution in [0.25, 0.3) is 33.9 Å². The second-order valence-electron chi connectivity index (χ2n) is 7.24. The van der Waals surface area contributed by atoms with Crippen molar-refractivity contribution >= 4 is 63.2 Å². The molecule has 168 valence electrons. The van der Waals surface area contributed by atoms with Gasteiger partial charge >= 0.3 is 0 Å². The summed E-state index contributed by atoms with van der Waals surface area (Å²) in [6.45, 7) is 0. The van der Waals surface area contributed by atoms with Crippen molar-refractivity contribution in [2.75, 3.05) is 5.32 Å². The second-order valence-corrected chi connectivity index (χ2v) is 8.43. The predicted molar refractivity (Wildman–Crippen MR) is 137 cm³/mol. The number of carbonyl (C=O) groups excluding carboxylic acids is 1. The minimum atomic E-state index is -0.504. The number of hydrogen-bond acceptors (Lipinski definition) is 5. The lowest BCUT2D eigenvalue weighted by molar-refractivity contribution is 0.0951. The topological polar surface area (TPSA) is 80.3 Å². The smallest absolute Gasteiger partial charge is 0.293 e. The molecule has 34 heavy (non-hydrogen) atoms. The number of fused-ring (bicyclic) bond motifs is 1. The van der Waals surface area contributed by atoms with Crippen molar-refractivity contribution in [3.05, 3.63) is 94.7 Å². The number of rotatable bonds is 4. The summed E-state index contributed by atoms with van der Waals surface area (Å²) in [7, 11) is 0. The van der Waals surface area contributed by atoms with Gasteiger partial charge in [-0.25, -0.2) is 4.98 Å². The number of aromatic nitrogens is 1. The molecule has 0 saturated heterocycles. The largest absolute Gasteiger partial charge is 0.451 e. The van der Waals surface area contributed by atoms with Crippen LogP contribution in [0.5, 0.6) is 0 Å². The number of anilines is 1. The molecule has 2 heterocycles. The molecule has 2 aromatic heterocycles. The van der Waals surface area contributed by atoms with E-state index in [4.69, 9.17) is 44.3 Å². The van der Waals surface area contributed by atoms with E-state index in [1.807, 2.05) is 30.3 Å². The molecule has 0 aliphatic rings. The Bertz CT molecular complexity index is 1530. The molecule has 3 aromatic carbocycles. The molecule has 1 amide bonds. The average molecular weight is 508 g/mol. The number of benzene rings is 3. The first-order valence-electron chi connectivity index (χ1n) is 10.1. The summed E-state index contributed by atoms with van der Waals surface area (Å²) >= 11 is 17.6. The maximum Gasteiger partial charge on any atom is 0.293 e. The van der Waals surface area contributed by atoms with E-state index in [9.17, 15) is 4.79 Å². The summed E-state index contributed by atoms with van der Waals surface area (Å²) in [6, 6.07) is 23.3. The van der Waals surface area contributed by atoms with Gasteiger partial charge in [-0.2, -0.15) is 0 Å². The number of carbonyl (C=O) groups is 1. The third-order valence-electron chi connectivity index (χ3n) is 4.94. The van der Waals surface area contributed by atoms with Gasteiger partial charge in [-0.05, 0) is 66.8 Å². The first kappa shape index (κ1) is 22.2. The minimum Gasteiger partial charge on any atom is -0.451 e. The molecule has 9 heteroatoms. The Morgan fingerprint density at radius 1 is 0.912 bits per heavy atom. The lowest BCUT2D eigenvalue weighted by Crippen LogP contribution is -2.33. The van der Waals surface area contributed by atoms with Gasteiger partial charge in [0.1, 0.15) is 11.3 Å². The van der Waals surface area contributed by atoms with Crippen molar-refractivity contribution in [2.45, 2.75) is 0 Å². The van der Waals surface area contributed by atoms with Crippen molar-refractivity contribution in [2.24, 2.45) is 0 Å². The van der Waals surface area contributed by atoms with Crippen molar-refractivity contribution in [3.8, 4) is 22.8 Å². The molecule has 0 radical (unpaired) electrons. The third-order valence-corrected chi connectivity index (χ3v) is 5.96. The SMILES string of the molecule is O=C(NC(=S)Nc1ccc2oc(-c3ccccc3)nc2c1)c1ccc(-c2cccc(Cl)c2Cl)o1. The molecule has 5 aromatic rings. The lowest BCUT2D eigenvalue weighted by Gasteiger charge is -2.08.